The van der Waals surface area contributed by atoms with Crippen molar-refractivity contribution in [1.29, 1.82) is 0 Å². The lowest BCUT2D eigenvalue weighted by atomic mass is 10.3. The number of hydrogen-bond donors (Lipinski definition) is 1. The van der Waals surface area contributed by atoms with Gasteiger partial charge in [0.2, 0.25) is 0 Å². The topological polar surface area (TPSA) is 56.2 Å². The second kappa shape index (κ2) is 7.26. The summed E-state index contributed by atoms with van der Waals surface area (Å²) >= 11 is 5.87. The van der Waals surface area contributed by atoms with E-state index < -0.39 is 11.9 Å². The molecule has 0 unspecified atom stereocenters. The first-order valence-electron chi connectivity index (χ1n) is 6.83. The largest absolute Gasteiger partial charge is 0.479 e. The summed E-state index contributed by atoms with van der Waals surface area (Å²) in [5.74, 6) is -0.454. The molecule has 0 bridgehead atoms. The minimum absolute atomic E-state index is 0.0866. The number of nitrogens with zero attached hydrogens (tertiary/aromatic N) is 2. The molecule has 0 saturated carbocycles. The van der Waals surface area contributed by atoms with Crippen molar-refractivity contribution in [2.45, 2.75) is 32.5 Å². The monoisotopic (exact) mass is 325 g/mol. The molecule has 2 atom stereocenters. The highest BCUT2D eigenvalue weighted by molar-refractivity contribution is 6.32. The van der Waals surface area contributed by atoms with E-state index in [2.05, 4.69) is 10.3 Å². The lowest BCUT2D eigenvalue weighted by molar-refractivity contribution is -0.127. The number of rotatable bonds is 6. The van der Waals surface area contributed by atoms with Gasteiger partial charge in [-0.05, 0) is 32.0 Å². The highest BCUT2D eigenvalue weighted by Gasteiger charge is 2.18. The molecule has 0 fully saturated rings. The van der Waals surface area contributed by atoms with Crippen LogP contribution in [0.25, 0.3) is 0 Å². The smallest absolute Gasteiger partial charge is 0.261 e. The SMILES string of the molecule is C[C@H](Cn1ccnc1)NC(=O)[C@H](C)Oc1ccc(F)cc1Cl. The van der Waals surface area contributed by atoms with E-state index >= 15 is 0 Å². The number of aromatic nitrogens is 2. The minimum atomic E-state index is -0.742. The molecule has 0 aliphatic rings. The van der Waals surface area contributed by atoms with Gasteiger partial charge in [-0.25, -0.2) is 9.37 Å². The third-order valence-corrected chi connectivity index (χ3v) is 3.29. The Balaban J connectivity index is 1.88. The molecule has 2 aromatic rings. The van der Waals surface area contributed by atoms with Crippen LogP contribution in [0.5, 0.6) is 5.75 Å². The van der Waals surface area contributed by atoms with E-state index in [4.69, 9.17) is 16.3 Å². The fourth-order valence-corrected chi connectivity index (χ4v) is 2.14. The van der Waals surface area contributed by atoms with E-state index in [9.17, 15) is 9.18 Å². The zero-order chi connectivity index (χ0) is 16.1. The van der Waals surface area contributed by atoms with E-state index in [1.165, 1.54) is 12.1 Å². The number of ether oxygens (including phenoxy) is 1. The Morgan fingerprint density at radius 3 is 2.91 bits per heavy atom. The third kappa shape index (κ3) is 4.46. The van der Waals surface area contributed by atoms with Crippen LogP contribution in [0.3, 0.4) is 0 Å². The van der Waals surface area contributed by atoms with Crippen molar-refractivity contribution in [3.05, 3.63) is 47.8 Å². The van der Waals surface area contributed by atoms with Crippen molar-refractivity contribution in [3.8, 4) is 5.75 Å². The average Bonchev–Trinajstić information content (AvgIpc) is 2.94. The van der Waals surface area contributed by atoms with Crippen molar-refractivity contribution < 1.29 is 13.9 Å². The van der Waals surface area contributed by atoms with Gasteiger partial charge in [0.1, 0.15) is 11.6 Å². The molecule has 0 radical (unpaired) electrons. The van der Waals surface area contributed by atoms with Crippen LogP contribution in [-0.4, -0.2) is 27.6 Å². The first-order valence-corrected chi connectivity index (χ1v) is 7.21. The number of amides is 1. The molecule has 22 heavy (non-hydrogen) atoms. The normalized spacial score (nSPS) is 13.5. The van der Waals surface area contributed by atoms with Gasteiger partial charge in [0.15, 0.2) is 6.10 Å². The molecule has 0 aliphatic carbocycles. The first kappa shape index (κ1) is 16.3. The van der Waals surface area contributed by atoms with Crippen molar-refractivity contribution in [1.82, 2.24) is 14.9 Å². The standard InChI is InChI=1S/C15H17ClFN3O2/c1-10(8-20-6-5-18-9-20)19-15(21)11(2)22-14-4-3-12(17)7-13(14)16/h3-7,9-11H,8H2,1-2H3,(H,19,21)/t10-,11+/m1/s1. The second-order valence-electron chi connectivity index (χ2n) is 5.00. The fourth-order valence-electron chi connectivity index (χ4n) is 1.93. The van der Waals surface area contributed by atoms with E-state index in [-0.39, 0.29) is 22.7 Å². The van der Waals surface area contributed by atoms with Gasteiger partial charge < -0.3 is 14.6 Å². The Labute approximate surface area is 133 Å². The number of carbonyl (C=O) groups excluding carboxylic acids is 1. The molecule has 118 valence electrons. The van der Waals surface area contributed by atoms with Gasteiger partial charge in [0.05, 0.1) is 11.3 Å². The molecule has 0 saturated heterocycles. The van der Waals surface area contributed by atoms with Gasteiger partial charge in [0.25, 0.3) is 5.91 Å². The maximum absolute atomic E-state index is 13.0. The van der Waals surface area contributed by atoms with E-state index in [1.807, 2.05) is 17.7 Å². The summed E-state index contributed by atoms with van der Waals surface area (Å²) in [6.45, 7) is 4.10. The number of halogens is 2. The molecule has 0 aliphatic heterocycles. The number of carbonyl (C=O) groups is 1. The van der Waals surface area contributed by atoms with E-state index in [1.54, 1.807) is 19.4 Å². The van der Waals surface area contributed by atoms with Gasteiger partial charge in [-0.3, -0.25) is 4.79 Å². The third-order valence-electron chi connectivity index (χ3n) is 3.00. The lowest BCUT2D eigenvalue weighted by Crippen LogP contribution is -2.42. The Bertz CT molecular complexity index is 634. The summed E-state index contributed by atoms with van der Waals surface area (Å²) in [6, 6.07) is 3.68. The van der Waals surface area contributed by atoms with Gasteiger partial charge in [-0.15, -0.1) is 0 Å². The molecule has 5 nitrogen and oxygen atoms in total. The average molecular weight is 326 g/mol. The van der Waals surface area contributed by atoms with Crippen LogP contribution in [-0.2, 0) is 11.3 Å². The Hall–Kier alpha value is -2.08. The summed E-state index contributed by atoms with van der Waals surface area (Å²) < 4.78 is 20.3. The zero-order valence-corrected chi connectivity index (χ0v) is 13.0. The second-order valence-corrected chi connectivity index (χ2v) is 5.41. The summed E-state index contributed by atoms with van der Waals surface area (Å²) in [7, 11) is 0. The molecule has 1 amide bonds. The van der Waals surface area contributed by atoms with Crippen molar-refractivity contribution in [2.24, 2.45) is 0 Å². The van der Waals surface area contributed by atoms with Crippen LogP contribution in [0.2, 0.25) is 5.02 Å². The predicted octanol–water partition coefficient (Wildman–Crippen LogP) is 2.65. The van der Waals surface area contributed by atoms with Crippen LogP contribution < -0.4 is 10.1 Å². The first-order chi connectivity index (χ1) is 10.5. The van der Waals surface area contributed by atoms with Crippen molar-refractivity contribution >= 4 is 17.5 Å². The van der Waals surface area contributed by atoms with Crippen LogP contribution in [0.4, 0.5) is 4.39 Å². The highest BCUT2D eigenvalue weighted by atomic mass is 35.5. The fraction of sp³-hybridized carbons (Fsp3) is 0.333. The molecule has 7 heteroatoms. The minimum Gasteiger partial charge on any atom is -0.479 e. The number of imidazole rings is 1. The molecule has 0 spiro atoms. The molecular weight excluding hydrogens is 309 g/mol. The van der Waals surface area contributed by atoms with Crippen LogP contribution in [0.1, 0.15) is 13.8 Å². The molecule has 1 aromatic carbocycles. The zero-order valence-electron chi connectivity index (χ0n) is 12.3. The molecule has 2 rings (SSSR count). The Morgan fingerprint density at radius 1 is 1.50 bits per heavy atom. The predicted molar refractivity (Wildman–Crippen MR) is 81.3 cm³/mol. The molecular formula is C15H17ClFN3O2. The van der Waals surface area contributed by atoms with E-state index in [0.29, 0.717) is 6.54 Å². The van der Waals surface area contributed by atoms with E-state index in [0.717, 1.165) is 6.07 Å². The van der Waals surface area contributed by atoms with Crippen LogP contribution >= 0.6 is 11.6 Å². The quantitative estimate of drug-likeness (QED) is 0.888. The highest BCUT2D eigenvalue weighted by Crippen LogP contribution is 2.25. The summed E-state index contributed by atoms with van der Waals surface area (Å²) in [5.41, 5.74) is 0. The van der Waals surface area contributed by atoms with Crippen molar-refractivity contribution in [2.75, 3.05) is 0 Å². The Morgan fingerprint density at radius 2 is 2.27 bits per heavy atom. The lowest BCUT2D eigenvalue weighted by Gasteiger charge is -2.19. The summed E-state index contributed by atoms with van der Waals surface area (Å²) in [5, 5.41) is 2.97. The van der Waals surface area contributed by atoms with Crippen LogP contribution in [0, 0.1) is 5.82 Å². The number of benzene rings is 1. The summed E-state index contributed by atoms with van der Waals surface area (Å²) in [4.78, 5) is 16.0. The number of hydrogen-bond acceptors (Lipinski definition) is 3. The molecule has 1 aromatic heterocycles. The Kier molecular flexibility index (Phi) is 5.38. The number of nitrogens with one attached hydrogen (secondary N) is 1. The van der Waals surface area contributed by atoms with Gasteiger partial charge in [0, 0.05) is 25.0 Å². The molecule has 1 heterocycles. The summed E-state index contributed by atoms with van der Waals surface area (Å²) in [6.07, 6.45) is 4.44. The van der Waals surface area contributed by atoms with Crippen molar-refractivity contribution in [3.63, 3.8) is 0 Å². The van der Waals surface area contributed by atoms with Gasteiger partial charge in [-0.1, -0.05) is 11.6 Å². The maximum atomic E-state index is 13.0. The maximum Gasteiger partial charge on any atom is 0.261 e. The van der Waals surface area contributed by atoms with Gasteiger partial charge in [-0.2, -0.15) is 0 Å². The molecule has 1 N–H and O–H groups in total. The van der Waals surface area contributed by atoms with Gasteiger partial charge >= 0.3 is 0 Å². The van der Waals surface area contributed by atoms with Crippen LogP contribution in [0.15, 0.2) is 36.9 Å².